The van der Waals surface area contributed by atoms with E-state index in [1.165, 1.54) is 12.1 Å². The van der Waals surface area contributed by atoms with Gasteiger partial charge in [-0.15, -0.1) is 0 Å². The molecule has 0 spiro atoms. The highest BCUT2D eigenvalue weighted by molar-refractivity contribution is 5.77. The summed E-state index contributed by atoms with van der Waals surface area (Å²) in [7, 11) is 1.75. The second-order valence-electron chi connectivity index (χ2n) is 4.46. The summed E-state index contributed by atoms with van der Waals surface area (Å²) in [4.78, 5) is 14.4. The Balaban J connectivity index is 1.81. The molecule has 0 fully saturated rings. The Morgan fingerprint density at radius 2 is 2.33 bits per heavy atom. The second-order valence-corrected chi connectivity index (χ2v) is 4.46. The van der Waals surface area contributed by atoms with Gasteiger partial charge in [-0.05, 0) is 6.07 Å². The number of benzene rings is 1. The lowest BCUT2D eigenvalue weighted by molar-refractivity contribution is -0.384. The Kier molecular flexibility index (Phi) is 2.94. The minimum atomic E-state index is -0.481. The average molecular weight is 288 g/mol. The molecule has 0 aliphatic heterocycles. The molecule has 0 bridgehead atoms. The number of rotatable bonds is 4. The van der Waals surface area contributed by atoms with Gasteiger partial charge in [0.2, 0.25) is 0 Å². The summed E-state index contributed by atoms with van der Waals surface area (Å²) in [5, 5.41) is 17.7. The predicted octanol–water partition coefficient (Wildman–Crippen LogP) is 1.66. The fourth-order valence-corrected chi connectivity index (χ4v) is 1.90. The number of nitrogens with zero attached hydrogens (tertiary/aromatic N) is 4. The van der Waals surface area contributed by atoms with Crippen molar-refractivity contribution in [3.05, 3.63) is 40.1 Å². The van der Waals surface area contributed by atoms with Gasteiger partial charge in [0.05, 0.1) is 17.2 Å². The standard InChI is InChI=1S/C12H12N6O3/c1-17-11(13)7(6-15-17)5-14-12-16-9-3-2-8(18(19)20)4-10(9)21-12/h2-4,6H,5,13H2,1H3,(H,14,16). The van der Waals surface area contributed by atoms with Crippen LogP contribution in [0.1, 0.15) is 5.56 Å². The molecule has 9 nitrogen and oxygen atoms in total. The third-order valence-corrected chi connectivity index (χ3v) is 3.08. The highest BCUT2D eigenvalue weighted by Gasteiger charge is 2.12. The van der Waals surface area contributed by atoms with E-state index in [1.54, 1.807) is 24.0 Å². The Morgan fingerprint density at radius 1 is 1.52 bits per heavy atom. The van der Waals surface area contributed by atoms with Crippen molar-refractivity contribution < 1.29 is 9.34 Å². The fraction of sp³-hybridized carbons (Fsp3) is 0.167. The van der Waals surface area contributed by atoms with E-state index in [0.717, 1.165) is 5.56 Å². The van der Waals surface area contributed by atoms with Crippen LogP contribution in [-0.4, -0.2) is 19.7 Å². The summed E-state index contributed by atoms with van der Waals surface area (Å²) in [5.74, 6) is 0.550. The molecule has 3 N–H and O–H groups in total. The molecule has 1 aromatic carbocycles. The highest BCUT2D eigenvalue weighted by atomic mass is 16.6. The lowest BCUT2D eigenvalue weighted by atomic mass is 10.3. The maximum absolute atomic E-state index is 10.7. The highest BCUT2D eigenvalue weighted by Crippen LogP contribution is 2.24. The summed E-state index contributed by atoms with van der Waals surface area (Å²) in [6, 6.07) is 4.54. The minimum absolute atomic E-state index is 0.0401. The molecular formula is C12H12N6O3. The zero-order valence-corrected chi connectivity index (χ0v) is 11.1. The minimum Gasteiger partial charge on any atom is -0.423 e. The summed E-state index contributed by atoms with van der Waals surface area (Å²) >= 11 is 0. The first kappa shape index (κ1) is 12.9. The van der Waals surface area contributed by atoms with Gasteiger partial charge in [0.15, 0.2) is 5.58 Å². The lowest BCUT2D eigenvalue weighted by Gasteiger charge is -2.00. The van der Waals surface area contributed by atoms with Gasteiger partial charge in [0, 0.05) is 25.2 Å². The quantitative estimate of drug-likeness (QED) is 0.552. The van der Waals surface area contributed by atoms with Crippen LogP contribution in [-0.2, 0) is 13.6 Å². The average Bonchev–Trinajstić information content (AvgIpc) is 3.00. The summed E-state index contributed by atoms with van der Waals surface area (Å²) < 4.78 is 6.99. The van der Waals surface area contributed by atoms with Crippen LogP contribution in [0.4, 0.5) is 17.5 Å². The predicted molar refractivity (Wildman–Crippen MR) is 75.6 cm³/mol. The molecule has 0 aliphatic rings. The Labute approximate surface area is 118 Å². The first-order valence-electron chi connectivity index (χ1n) is 6.10. The molecule has 3 aromatic rings. The largest absolute Gasteiger partial charge is 0.423 e. The first-order chi connectivity index (χ1) is 10.0. The first-order valence-corrected chi connectivity index (χ1v) is 6.10. The number of aryl methyl sites for hydroxylation is 1. The molecule has 0 unspecified atom stereocenters. The van der Waals surface area contributed by atoms with E-state index in [2.05, 4.69) is 15.4 Å². The van der Waals surface area contributed by atoms with Crippen molar-refractivity contribution in [3.8, 4) is 0 Å². The van der Waals surface area contributed by atoms with Crippen molar-refractivity contribution in [2.75, 3.05) is 11.1 Å². The van der Waals surface area contributed by atoms with E-state index in [0.29, 0.717) is 23.5 Å². The zero-order chi connectivity index (χ0) is 15.0. The molecule has 0 saturated carbocycles. The van der Waals surface area contributed by atoms with E-state index in [-0.39, 0.29) is 11.7 Å². The molecule has 21 heavy (non-hydrogen) atoms. The molecule has 108 valence electrons. The van der Waals surface area contributed by atoms with Crippen molar-refractivity contribution >= 4 is 28.6 Å². The van der Waals surface area contributed by atoms with Gasteiger partial charge < -0.3 is 15.5 Å². The van der Waals surface area contributed by atoms with Crippen LogP contribution in [0, 0.1) is 10.1 Å². The molecule has 0 atom stereocenters. The maximum atomic E-state index is 10.7. The number of aromatic nitrogens is 3. The van der Waals surface area contributed by atoms with Crippen LogP contribution in [0.15, 0.2) is 28.8 Å². The smallest absolute Gasteiger partial charge is 0.295 e. The SMILES string of the molecule is Cn1ncc(CNc2nc3ccc([N+](=O)[O-])cc3o2)c1N. The molecule has 2 heterocycles. The van der Waals surface area contributed by atoms with Crippen molar-refractivity contribution in [3.63, 3.8) is 0 Å². The molecule has 3 rings (SSSR count). The summed E-state index contributed by atoms with van der Waals surface area (Å²) in [5.41, 5.74) is 7.50. The van der Waals surface area contributed by atoms with Gasteiger partial charge in [-0.2, -0.15) is 10.1 Å². The van der Waals surface area contributed by atoms with Crippen molar-refractivity contribution in [2.24, 2.45) is 7.05 Å². The Morgan fingerprint density at radius 3 is 3.00 bits per heavy atom. The van der Waals surface area contributed by atoms with Crippen molar-refractivity contribution in [2.45, 2.75) is 6.54 Å². The summed E-state index contributed by atoms with van der Waals surface area (Å²) in [6.45, 7) is 0.397. The number of anilines is 2. The third kappa shape index (κ3) is 2.36. The number of non-ortho nitro benzene ring substituents is 1. The normalized spacial score (nSPS) is 10.9. The van der Waals surface area contributed by atoms with E-state index in [1.807, 2.05) is 0 Å². The van der Waals surface area contributed by atoms with E-state index < -0.39 is 4.92 Å². The fourth-order valence-electron chi connectivity index (χ4n) is 1.90. The zero-order valence-electron chi connectivity index (χ0n) is 11.1. The number of nitrogens with two attached hydrogens (primary N) is 1. The van der Waals surface area contributed by atoms with Gasteiger partial charge in [-0.1, -0.05) is 0 Å². The van der Waals surface area contributed by atoms with E-state index >= 15 is 0 Å². The van der Waals surface area contributed by atoms with Crippen LogP contribution in [0.2, 0.25) is 0 Å². The number of nitrogen functional groups attached to an aromatic ring is 1. The number of nitrogens with one attached hydrogen (secondary N) is 1. The number of nitro benzene ring substituents is 1. The number of oxazole rings is 1. The van der Waals surface area contributed by atoms with Gasteiger partial charge in [0.1, 0.15) is 11.3 Å². The third-order valence-electron chi connectivity index (χ3n) is 3.08. The maximum Gasteiger partial charge on any atom is 0.295 e. The molecule has 0 aliphatic carbocycles. The number of hydrogen-bond donors (Lipinski definition) is 2. The van der Waals surface area contributed by atoms with Gasteiger partial charge in [0.25, 0.3) is 11.7 Å². The van der Waals surface area contributed by atoms with Gasteiger partial charge in [-0.3, -0.25) is 14.8 Å². The van der Waals surface area contributed by atoms with Crippen LogP contribution >= 0.6 is 0 Å². The molecular weight excluding hydrogens is 276 g/mol. The van der Waals surface area contributed by atoms with Gasteiger partial charge in [-0.25, -0.2) is 0 Å². The molecule has 9 heteroatoms. The monoisotopic (exact) mass is 288 g/mol. The lowest BCUT2D eigenvalue weighted by Crippen LogP contribution is -2.04. The summed E-state index contributed by atoms with van der Waals surface area (Å²) in [6.07, 6.45) is 1.65. The number of fused-ring (bicyclic) bond motifs is 1. The Hall–Kier alpha value is -3.10. The molecule has 2 aromatic heterocycles. The van der Waals surface area contributed by atoms with Crippen molar-refractivity contribution in [1.82, 2.24) is 14.8 Å². The van der Waals surface area contributed by atoms with Crippen LogP contribution in [0.25, 0.3) is 11.1 Å². The molecule has 0 radical (unpaired) electrons. The topological polar surface area (TPSA) is 125 Å². The number of nitro groups is 1. The van der Waals surface area contributed by atoms with Crippen LogP contribution in [0.3, 0.4) is 0 Å². The second kappa shape index (κ2) is 4.78. The molecule has 0 amide bonds. The van der Waals surface area contributed by atoms with Crippen LogP contribution in [0.5, 0.6) is 0 Å². The van der Waals surface area contributed by atoms with E-state index in [9.17, 15) is 10.1 Å². The van der Waals surface area contributed by atoms with Crippen LogP contribution < -0.4 is 11.1 Å². The van der Waals surface area contributed by atoms with Gasteiger partial charge >= 0.3 is 0 Å². The number of hydrogen-bond acceptors (Lipinski definition) is 7. The Bertz CT molecular complexity index is 822. The van der Waals surface area contributed by atoms with Crippen molar-refractivity contribution in [1.29, 1.82) is 0 Å². The molecule has 0 saturated heterocycles. The van der Waals surface area contributed by atoms with E-state index in [4.69, 9.17) is 10.2 Å².